The number of hydrogen-bond donors (Lipinski definition) is 1. The SMILES string of the molecule is CC/C=C\C/C=C\C/C=C\C/C=C\C/C=C\C/C=C\CCCCCCCCCOCC(CO)OC(=O)CCCCCCCC/C=C\C/C=C\C/C=C\C/C=C\CC. The summed E-state index contributed by atoms with van der Waals surface area (Å²) < 4.78 is 11.2. The van der Waals surface area contributed by atoms with Gasteiger partial charge in [-0.3, -0.25) is 4.79 Å². The van der Waals surface area contributed by atoms with E-state index in [0.717, 1.165) is 103 Å². The Morgan fingerprint density at radius 3 is 1.11 bits per heavy atom. The topological polar surface area (TPSA) is 55.8 Å². The van der Waals surface area contributed by atoms with E-state index in [1.54, 1.807) is 0 Å². The Kier molecular flexibility index (Phi) is 46.2. The molecule has 0 fully saturated rings. The van der Waals surface area contributed by atoms with Crippen LogP contribution in [-0.4, -0.2) is 37.0 Å². The Hall–Kier alpha value is -3.21. The van der Waals surface area contributed by atoms with Crippen LogP contribution in [0.4, 0.5) is 0 Å². The summed E-state index contributed by atoms with van der Waals surface area (Å²) in [5.41, 5.74) is 0. The molecule has 0 saturated carbocycles. The molecule has 0 aromatic rings. The molecule has 1 N–H and O–H groups in total. The van der Waals surface area contributed by atoms with E-state index in [4.69, 9.17) is 9.47 Å². The van der Waals surface area contributed by atoms with Gasteiger partial charge in [-0.1, -0.05) is 193 Å². The molecule has 0 radical (unpaired) electrons. The summed E-state index contributed by atoms with van der Waals surface area (Å²) in [5, 5.41) is 9.63. The van der Waals surface area contributed by atoms with Gasteiger partial charge in [0.2, 0.25) is 0 Å². The molecule has 0 amide bonds. The van der Waals surface area contributed by atoms with Crippen LogP contribution < -0.4 is 0 Å². The van der Waals surface area contributed by atoms with E-state index >= 15 is 0 Å². The van der Waals surface area contributed by atoms with E-state index in [1.165, 1.54) is 57.8 Å². The molecule has 4 nitrogen and oxygen atoms in total. The minimum absolute atomic E-state index is 0.191. The molecule has 0 aromatic carbocycles. The van der Waals surface area contributed by atoms with Crippen molar-refractivity contribution < 1.29 is 19.4 Å². The highest BCUT2D eigenvalue weighted by Crippen LogP contribution is 2.12. The van der Waals surface area contributed by atoms with Crippen molar-refractivity contribution in [3.05, 3.63) is 122 Å². The second-order valence-corrected chi connectivity index (χ2v) is 14.7. The Bertz CT molecular complexity index is 1150. The second kappa shape index (κ2) is 48.9. The van der Waals surface area contributed by atoms with Crippen molar-refractivity contribution in [1.29, 1.82) is 0 Å². The maximum Gasteiger partial charge on any atom is 0.306 e. The van der Waals surface area contributed by atoms with E-state index in [1.807, 2.05) is 0 Å². The Labute approximate surface area is 352 Å². The minimum Gasteiger partial charge on any atom is -0.457 e. The first-order valence-corrected chi connectivity index (χ1v) is 23.1. The normalized spacial score (nSPS) is 13.5. The number of aliphatic hydroxyl groups excluding tert-OH is 1. The third kappa shape index (κ3) is 47.1. The lowest BCUT2D eigenvalue weighted by Crippen LogP contribution is -2.27. The van der Waals surface area contributed by atoms with Crippen molar-refractivity contribution >= 4 is 5.97 Å². The average molecular weight is 787 g/mol. The quantitative estimate of drug-likeness (QED) is 0.0381. The zero-order valence-corrected chi connectivity index (χ0v) is 36.8. The van der Waals surface area contributed by atoms with Gasteiger partial charge in [0.15, 0.2) is 0 Å². The molecule has 0 saturated heterocycles. The summed E-state index contributed by atoms with van der Waals surface area (Å²) >= 11 is 0. The lowest BCUT2D eigenvalue weighted by Gasteiger charge is -2.15. The van der Waals surface area contributed by atoms with Crippen LogP contribution in [0.5, 0.6) is 0 Å². The summed E-state index contributed by atoms with van der Waals surface area (Å²) in [6.07, 6.45) is 72.6. The number of unbranched alkanes of at least 4 members (excludes halogenated alkanes) is 13. The molecule has 0 spiro atoms. The van der Waals surface area contributed by atoms with Gasteiger partial charge in [0, 0.05) is 13.0 Å². The van der Waals surface area contributed by atoms with Crippen LogP contribution >= 0.6 is 0 Å². The molecule has 0 heterocycles. The first kappa shape index (κ1) is 53.8. The fourth-order valence-corrected chi connectivity index (χ4v) is 5.91. The van der Waals surface area contributed by atoms with Gasteiger partial charge in [0.05, 0.1) is 13.2 Å². The summed E-state index contributed by atoms with van der Waals surface area (Å²) in [4.78, 5) is 12.2. The number of carbonyl (C=O) groups excluding carboxylic acids is 1. The predicted molar refractivity (Wildman–Crippen MR) is 251 cm³/mol. The molecule has 4 heteroatoms. The Morgan fingerprint density at radius 1 is 0.421 bits per heavy atom. The molecule has 0 rings (SSSR count). The lowest BCUT2D eigenvalue weighted by atomic mass is 10.1. The van der Waals surface area contributed by atoms with Crippen LogP contribution in [0.3, 0.4) is 0 Å². The third-order valence-electron chi connectivity index (χ3n) is 9.28. The first-order valence-electron chi connectivity index (χ1n) is 23.1. The molecule has 0 bridgehead atoms. The molecule has 0 aromatic heterocycles. The molecule has 322 valence electrons. The van der Waals surface area contributed by atoms with E-state index < -0.39 is 6.10 Å². The van der Waals surface area contributed by atoms with Gasteiger partial charge in [-0.25, -0.2) is 0 Å². The summed E-state index contributed by atoms with van der Waals surface area (Å²) in [6, 6.07) is 0. The highest BCUT2D eigenvalue weighted by atomic mass is 16.6. The fourth-order valence-electron chi connectivity index (χ4n) is 5.91. The maximum absolute atomic E-state index is 12.2. The van der Waals surface area contributed by atoms with E-state index in [2.05, 4.69) is 135 Å². The molecule has 0 aliphatic rings. The van der Waals surface area contributed by atoms with Crippen LogP contribution in [0.25, 0.3) is 0 Å². The van der Waals surface area contributed by atoms with Crippen molar-refractivity contribution in [3.63, 3.8) is 0 Å². The zero-order chi connectivity index (χ0) is 41.2. The van der Waals surface area contributed by atoms with Gasteiger partial charge in [0.1, 0.15) is 6.10 Å². The molecular formula is C53H86O4. The van der Waals surface area contributed by atoms with Crippen LogP contribution in [0.1, 0.15) is 181 Å². The number of allylic oxidation sites excluding steroid dienone is 20. The molecule has 0 aliphatic heterocycles. The van der Waals surface area contributed by atoms with Crippen LogP contribution in [0.2, 0.25) is 0 Å². The van der Waals surface area contributed by atoms with Gasteiger partial charge in [-0.05, 0) is 103 Å². The van der Waals surface area contributed by atoms with Crippen LogP contribution in [-0.2, 0) is 14.3 Å². The zero-order valence-electron chi connectivity index (χ0n) is 36.8. The minimum atomic E-state index is -0.558. The number of aliphatic hydroxyl groups is 1. The Balaban J connectivity index is 3.55. The average Bonchev–Trinajstić information content (AvgIpc) is 3.22. The fraction of sp³-hybridized carbons (Fsp3) is 0.604. The van der Waals surface area contributed by atoms with Crippen LogP contribution in [0.15, 0.2) is 122 Å². The van der Waals surface area contributed by atoms with Gasteiger partial charge >= 0.3 is 5.97 Å². The highest BCUT2D eigenvalue weighted by molar-refractivity contribution is 5.69. The molecular weight excluding hydrogens is 701 g/mol. The third-order valence-corrected chi connectivity index (χ3v) is 9.28. The molecule has 1 unspecified atom stereocenters. The summed E-state index contributed by atoms with van der Waals surface area (Å²) in [7, 11) is 0. The maximum atomic E-state index is 12.2. The molecule has 1 atom stereocenters. The predicted octanol–water partition coefficient (Wildman–Crippen LogP) is 15.7. The van der Waals surface area contributed by atoms with E-state index in [9.17, 15) is 9.90 Å². The second-order valence-electron chi connectivity index (χ2n) is 14.7. The lowest BCUT2D eigenvalue weighted by molar-refractivity contribution is -0.154. The Morgan fingerprint density at radius 2 is 0.737 bits per heavy atom. The van der Waals surface area contributed by atoms with Crippen molar-refractivity contribution in [2.24, 2.45) is 0 Å². The summed E-state index contributed by atoms with van der Waals surface area (Å²) in [5.74, 6) is -0.224. The number of rotatable bonds is 41. The standard InChI is InChI=1S/C53H86O4/c1-3-5-7-9-11-13-15-17-19-21-23-24-25-26-27-28-29-31-33-35-37-39-41-43-45-47-49-56-51-52(50-54)57-53(55)48-46-44-42-40-38-36-34-32-30-22-20-18-16-14-12-10-8-6-4-2/h5-8,11-14,17-20,23-24,26-27,29-32,52,54H,3-4,9-10,15-16,21-22,25,28,33-51H2,1-2H3/b7-5-,8-6-,13-11-,14-12-,19-17-,20-18-,24-23-,27-26-,31-29-,32-30-. The summed E-state index contributed by atoms with van der Waals surface area (Å²) in [6.45, 7) is 5.06. The monoisotopic (exact) mass is 787 g/mol. The van der Waals surface area contributed by atoms with E-state index in [0.29, 0.717) is 13.0 Å². The number of carbonyl (C=O) groups is 1. The number of ether oxygens (including phenoxy) is 2. The van der Waals surface area contributed by atoms with Gasteiger partial charge in [-0.2, -0.15) is 0 Å². The van der Waals surface area contributed by atoms with Crippen molar-refractivity contribution in [1.82, 2.24) is 0 Å². The first-order chi connectivity index (χ1) is 28.2. The van der Waals surface area contributed by atoms with Crippen molar-refractivity contribution in [2.75, 3.05) is 19.8 Å². The van der Waals surface area contributed by atoms with Crippen LogP contribution in [0, 0.1) is 0 Å². The van der Waals surface area contributed by atoms with Gasteiger partial charge < -0.3 is 14.6 Å². The number of esters is 1. The molecule has 57 heavy (non-hydrogen) atoms. The van der Waals surface area contributed by atoms with E-state index in [-0.39, 0.29) is 19.2 Å². The van der Waals surface area contributed by atoms with Crippen molar-refractivity contribution in [2.45, 2.75) is 187 Å². The van der Waals surface area contributed by atoms with Crippen molar-refractivity contribution in [3.8, 4) is 0 Å². The molecule has 0 aliphatic carbocycles. The van der Waals surface area contributed by atoms with Gasteiger partial charge in [-0.15, -0.1) is 0 Å². The largest absolute Gasteiger partial charge is 0.457 e. The van der Waals surface area contributed by atoms with Gasteiger partial charge in [0.25, 0.3) is 0 Å². The number of hydrogen-bond acceptors (Lipinski definition) is 4. The highest BCUT2D eigenvalue weighted by Gasteiger charge is 2.13. The smallest absolute Gasteiger partial charge is 0.306 e.